The Hall–Kier alpha value is -1.57. The summed E-state index contributed by atoms with van der Waals surface area (Å²) < 4.78 is 0. The first-order chi connectivity index (χ1) is 9.83. The predicted octanol–water partition coefficient (Wildman–Crippen LogP) is 4.86. The standard InChI is InChI=1S/C18H24N2/c1-14-6-8-15(9-7-14)10-12-19-18-17-5-3-2-4-16(17)11-13-20-18/h2-5,11,13-15H,6-10,12H2,1H3,(H,19,20). The second-order valence-corrected chi connectivity index (χ2v) is 6.22. The zero-order valence-corrected chi connectivity index (χ0v) is 12.3. The Balaban J connectivity index is 1.57. The van der Waals surface area contributed by atoms with Gasteiger partial charge >= 0.3 is 0 Å². The molecule has 3 rings (SSSR count). The summed E-state index contributed by atoms with van der Waals surface area (Å²) in [7, 11) is 0. The lowest BCUT2D eigenvalue weighted by molar-refractivity contribution is 0.282. The number of anilines is 1. The molecule has 1 aliphatic rings. The summed E-state index contributed by atoms with van der Waals surface area (Å²) in [6, 6.07) is 10.5. The topological polar surface area (TPSA) is 24.9 Å². The summed E-state index contributed by atoms with van der Waals surface area (Å²) in [6.45, 7) is 3.43. The zero-order valence-electron chi connectivity index (χ0n) is 12.3. The molecule has 1 saturated carbocycles. The monoisotopic (exact) mass is 268 g/mol. The lowest BCUT2D eigenvalue weighted by Gasteiger charge is -2.26. The molecule has 1 fully saturated rings. The summed E-state index contributed by atoms with van der Waals surface area (Å²) in [5, 5.41) is 6.02. The van der Waals surface area contributed by atoms with Gasteiger partial charge in [-0.2, -0.15) is 0 Å². The Kier molecular flexibility index (Phi) is 4.19. The van der Waals surface area contributed by atoms with Gasteiger partial charge < -0.3 is 5.32 Å². The van der Waals surface area contributed by atoms with Gasteiger partial charge in [-0.3, -0.25) is 0 Å². The molecule has 1 aromatic heterocycles. The third-order valence-electron chi connectivity index (χ3n) is 4.65. The van der Waals surface area contributed by atoms with E-state index in [-0.39, 0.29) is 0 Å². The summed E-state index contributed by atoms with van der Waals surface area (Å²) >= 11 is 0. The van der Waals surface area contributed by atoms with E-state index in [4.69, 9.17) is 0 Å². The van der Waals surface area contributed by atoms with Crippen LogP contribution in [0.15, 0.2) is 36.5 Å². The van der Waals surface area contributed by atoms with Crippen LogP contribution in [0.4, 0.5) is 5.82 Å². The van der Waals surface area contributed by atoms with Crippen LogP contribution in [0.5, 0.6) is 0 Å². The minimum atomic E-state index is 0.911. The van der Waals surface area contributed by atoms with Crippen LogP contribution in [0.3, 0.4) is 0 Å². The van der Waals surface area contributed by atoms with Crippen molar-refractivity contribution in [2.75, 3.05) is 11.9 Å². The van der Waals surface area contributed by atoms with E-state index in [1.807, 2.05) is 6.20 Å². The Labute approximate surface area is 121 Å². The number of fused-ring (bicyclic) bond motifs is 1. The molecule has 0 unspecified atom stereocenters. The van der Waals surface area contributed by atoms with Gasteiger partial charge in [0.05, 0.1) is 0 Å². The highest BCUT2D eigenvalue weighted by Gasteiger charge is 2.17. The van der Waals surface area contributed by atoms with E-state index in [0.717, 1.165) is 24.2 Å². The van der Waals surface area contributed by atoms with Crippen molar-refractivity contribution in [2.45, 2.75) is 39.0 Å². The van der Waals surface area contributed by atoms with Gasteiger partial charge in [-0.05, 0) is 29.7 Å². The van der Waals surface area contributed by atoms with Crippen molar-refractivity contribution in [1.29, 1.82) is 0 Å². The summed E-state index contributed by atoms with van der Waals surface area (Å²) in [5.74, 6) is 2.89. The molecule has 2 heteroatoms. The number of benzene rings is 1. The molecule has 20 heavy (non-hydrogen) atoms. The maximum Gasteiger partial charge on any atom is 0.133 e. The van der Waals surface area contributed by atoms with Crippen molar-refractivity contribution in [3.63, 3.8) is 0 Å². The molecule has 2 nitrogen and oxygen atoms in total. The summed E-state index contributed by atoms with van der Waals surface area (Å²) in [4.78, 5) is 4.49. The molecule has 0 saturated heterocycles. The molecule has 1 N–H and O–H groups in total. The van der Waals surface area contributed by atoms with Gasteiger partial charge in [0.25, 0.3) is 0 Å². The quantitative estimate of drug-likeness (QED) is 0.856. The van der Waals surface area contributed by atoms with Crippen LogP contribution in [0.25, 0.3) is 10.8 Å². The number of rotatable bonds is 4. The van der Waals surface area contributed by atoms with Crippen molar-refractivity contribution in [1.82, 2.24) is 4.98 Å². The third kappa shape index (κ3) is 3.12. The van der Waals surface area contributed by atoms with Crippen LogP contribution in [-0.4, -0.2) is 11.5 Å². The van der Waals surface area contributed by atoms with Crippen molar-refractivity contribution in [3.8, 4) is 0 Å². The van der Waals surface area contributed by atoms with Crippen LogP contribution in [0, 0.1) is 11.8 Å². The molecule has 106 valence electrons. The minimum absolute atomic E-state index is 0.911. The van der Waals surface area contributed by atoms with Crippen molar-refractivity contribution >= 4 is 16.6 Å². The largest absolute Gasteiger partial charge is 0.370 e. The van der Waals surface area contributed by atoms with Gasteiger partial charge in [0.1, 0.15) is 5.82 Å². The van der Waals surface area contributed by atoms with Crippen LogP contribution in [0.2, 0.25) is 0 Å². The SMILES string of the molecule is CC1CCC(CCNc2nccc3ccccc23)CC1. The van der Waals surface area contributed by atoms with Gasteiger partial charge in [-0.15, -0.1) is 0 Å². The van der Waals surface area contributed by atoms with E-state index in [2.05, 4.69) is 47.6 Å². The lowest BCUT2D eigenvalue weighted by Crippen LogP contribution is -2.16. The lowest BCUT2D eigenvalue weighted by atomic mass is 9.81. The number of nitrogens with one attached hydrogen (secondary N) is 1. The molecule has 0 bridgehead atoms. The number of nitrogens with zero attached hydrogens (tertiary/aromatic N) is 1. The molecule has 0 aliphatic heterocycles. The van der Waals surface area contributed by atoms with Crippen LogP contribution in [-0.2, 0) is 0 Å². The zero-order chi connectivity index (χ0) is 13.8. The Bertz CT molecular complexity index is 551. The van der Waals surface area contributed by atoms with Gasteiger partial charge in [0.2, 0.25) is 0 Å². The summed E-state index contributed by atoms with van der Waals surface area (Å²) in [6.07, 6.45) is 8.82. The third-order valence-corrected chi connectivity index (χ3v) is 4.65. The second-order valence-electron chi connectivity index (χ2n) is 6.22. The first-order valence-electron chi connectivity index (χ1n) is 7.90. The molecule has 0 spiro atoms. The molecule has 0 amide bonds. The van der Waals surface area contributed by atoms with Crippen LogP contribution >= 0.6 is 0 Å². The van der Waals surface area contributed by atoms with E-state index < -0.39 is 0 Å². The first kappa shape index (κ1) is 13.4. The highest BCUT2D eigenvalue weighted by atomic mass is 15.0. The van der Waals surface area contributed by atoms with Gasteiger partial charge in [-0.25, -0.2) is 4.98 Å². The van der Waals surface area contributed by atoms with Crippen LogP contribution in [0.1, 0.15) is 39.0 Å². The first-order valence-corrected chi connectivity index (χ1v) is 7.90. The molecular formula is C18H24N2. The molecule has 1 aromatic carbocycles. The number of pyridine rings is 1. The van der Waals surface area contributed by atoms with Crippen LogP contribution < -0.4 is 5.32 Å². The fourth-order valence-corrected chi connectivity index (χ4v) is 3.27. The highest BCUT2D eigenvalue weighted by molar-refractivity contribution is 5.91. The normalized spacial score (nSPS) is 22.9. The van der Waals surface area contributed by atoms with E-state index in [9.17, 15) is 0 Å². The average molecular weight is 268 g/mol. The highest BCUT2D eigenvalue weighted by Crippen LogP contribution is 2.30. The summed E-state index contributed by atoms with van der Waals surface area (Å²) in [5.41, 5.74) is 0. The number of hydrogen-bond acceptors (Lipinski definition) is 2. The fourth-order valence-electron chi connectivity index (χ4n) is 3.27. The molecule has 0 radical (unpaired) electrons. The smallest absolute Gasteiger partial charge is 0.133 e. The average Bonchev–Trinajstić information content (AvgIpc) is 2.49. The molecule has 1 aliphatic carbocycles. The Morgan fingerprint density at radius 2 is 1.90 bits per heavy atom. The Morgan fingerprint density at radius 3 is 2.75 bits per heavy atom. The second kappa shape index (κ2) is 6.25. The van der Waals surface area contributed by atoms with E-state index >= 15 is 0 Å². The molecular weight excluding hydrogens is 244 g/mol. The van der Waals surface area contributed by atoms with E-state index in [1.54, 1.807) is 0 Å². The minimum Gasteiger partial charge on any atom is -0.370 e. The Morgan fingerprint density at radius 1 is 1.10 bits per heavy atom. The molecule has 0 atom stereocenters. The molecule has 1 heterocycles. The maximum absolute atomic E-state index is 4.49. The van der Waals surface area contributed by atoms with Gasteiger partial charge in [-0.1, -0.05) is 56.9 Å². The van der Waals surface area contributed by atoms with Crippen molar-refractivity contribution in [3.05, 3.63) is 36.5 Å². The molecule has 2 aromatic rings. The van der Waals surface area contributed by atoms with E-state index in [0.29, 0.717) is 0 Å². The van der Waals surface area contributed by atoms with Crippen molar-refractivity contribution in [2.24, 2.45) is 11.8 Å². The maximum atomic E-state index is 4.49. The van der Waals surface area contributed by atoms with Gasteiger partial charge in [0, 0.05) is 18.1 Å². The van der Waals surface area contributed by atoms with Crippen molar-refractivity contribution < 1.29 is 0 Å². The van der Waals surface area contributed by atoms with E-state index in [1.165, 1.54) is 42.9 Å². The predicted molar refractivity (Wildman–Crippen MR) is 86.0 cm³/mol. The number of hydrogen-bond donors (Lipinski definition) is 1. The number of aromatic nitrogens is 1. The fraction of sp³-hybridized carbons (Fsp3) is 0.500. The van der Waals surface area contributed by atoms with Gasteiger partial charge in [0.15, 0.2) is 0 Å².